The number of alkyl halides is 3. The molecule has 2 rings (SSSR count). The molecule has 2 aromatic heterocycles. The van der Waals surface area contributed by atoms with Crippen molar-refractivity contribution in [1.82, 2.24) is 14.8 Å². The van der Waals surface area contributed by atoms with Gasteiger partial charge >= 0.3 is 6.18 Å². The third kappa shape index (κ3) is 4.33. The zero-order valence-corrected chi connectivity index (χ0v) is 14.7. The van der Waals surface area contributed by atoms with Crippen molar-refractivity contribution in [2.24, 2.45) is 0 Å². The maximum Gasteiger partial charge on any atom is 0.435 e. The minimum Gasteiger partial charge on any atom is -0.389 e. The van der Waals surface area contributed by atoms with Gasteiger partial charge in [-0.05, 0) is 25.5 Å². The van der Waals surface area contributed by atoms with Gasteiger partial charge in [-0.2, -0.15) is 23.5 Å². The van der Waals surface area contributed by atoms with Gasteiger partial charge in [-0.1, -0.05) is 36.9 Å². The standard InChI is InChI=1S/C19H17F3N4O/c1-4-6-7-13(5-2)16-9-8-15(12(3)27)18(24-16)26-14(11-23)10-17(25-26)19(20,21)22/h4-10,12,27H,2H2,1,3H3/b6-4-,13-7-. The van der Waals surface area contributed by atoms with Crippen molar-refractivity contribution in [2.75, 3.05) is 0 Å². The first-order valence-corrected chi connectivity index (χ1v) is 7.95. The highest BCUT2D eigenvalue weighted by atomic mass is 19.4. The fraction of sp³-hybridized carbons (Fsp3) is 0.211. The Kier molecular flexibility index (Phi) is 5.98. The van der Waals surface area contributed by atoms with Crippen LogP contribution in [0.1, 0.15) is 42.6 Å². The lowest BCUT2D eigenvalue weighted by Gasteiger charge is -2.14. The monoisotopic (exact) mass is 374 g/mol. The fourth-order valence-electron chi connectivity index (χ4n) is 2.33. The second kappa shape index (κ2) is 8.01. The summed E-state index contributed by atoms with van der Waals surface area (Å²) in [4.78, 5) is 4.34. The molecule has 2 heterocycles. The van der Waals surface area contributed by atoms with Crippen molar-refractivity contribution in [3.05, 3.63) is 71.7 Å². The average Bonchev–Trinajstić information content (AvgIpc) is 3.06. The molecule has 0 fully saturated rings. The van der Waals surface area contributed by atoms with E-state index in [-0.39, 0.29) is 17.1 Å². The van der Waals surface area contributed by atoms with Crippen molar-refractivity contribution in [1.29, 1.82) is 5.26 Å². The maximum atomic E-state index is 13.0. The molecular weight excluding hydrogens is 357 g/mol. The van der Waals surface area contributed by atoms with Crippen LogP contribution in [-0.2, 0) is 6.18 Å². The van der Waals surface area contributed by atoms with E-state index >= 15 is 0 Å². The summed E-state index contributed by atoms with van der Waals surface area (Å²) in [5.41, 5.74) is -0.284. The summed E-state index contributed by atoms with van der Waals surface area (Å²) in [6.07, 6.45) is 1.10. The van der Waals surface area contributed by atoms with Crippen molar-refractivity contribution in [3.63, 3.8) is 0 Å². The molecule has 140 valence electrons. The summed E-state index contributed by atoms with van der Waals surface area (Å²) in [6.45, 7) is 6.98. The molecule has 0 aliphatic rings. The predicted molar refractivity (Wildman–Crippen MR) is 94.7 cm³/mol. The van der Waals surface area contributed by atoms with Gasteiger partial charge in [-0.25, -0.2) is 9.67 Å². The van der Waals surface area contributed by atoms with Crippen LogP contribution >= 0.6 is 0 Å². The Bertz CT molecular complexity index is 947. The minimum absolute atomic E-state index is 0.0530. The Hall–Kier alpha value is -3.18. The van der Waals surface area contributed by atoms with Crippen LogP contribution in [-0.4, -0.2) is 19.9 Å². The molecule has 0 saturated carbocycles. The highest BCUT2D eigenvalue weighted by Gasteiger charge is 2.35. The predicted octanol–water partition coefficient (Wildman–Crippen LogP) is 4.36. The normalized spacial score (nSPS) is 13.6. The Labute approximate surface area is 154 Å². The van der Waals surface area contributed by atoms with E-state index < -0.39 is 18.0 Å². The van der Waals surface area contributed by atoms with Gasteiger partial charge in [0.15, 0.2) is 11.5 Å². The van der Waals surface area contributed by atoms with Gasteiger partial charge in [0.05, 0.1) is 11.8 Å². The van der Waals surface area contributed by atoms with Gasteiger partial charge < -0.3 is 5.11 Å². The molecule has 0 saturated heterocycles. The Morgan fingerprint density at radius 2 is 2.11 bits per heavy atom. The molecule has 0 aromatic carbocycles. The van der Waals surface area contributed by atoms with Crippen LogP contribution in [0.15, 0.2) is 49.1 Å². The Balaban J connectivity index is 2.75. The smallest absolute Gasteiger partial charge is 0.389 e. The Morgan fingerprint density at radius 1 is 1.41 bits per heavy atom. The molecule has 1 atom stereocenters. The van der Waals surface area contributed by atoms with Crippen LogP contribution in [0.3, 0.4) is 0 Å². The van der Waals surface area contributed by atoms with Crippen molar-refractivity contribution in [2.45, 2.75) is 26.1 Å². The van der Waals surface area contributed by atoms with Crippen molar-refractivity contribution < 1.29 is 18.3 Å². The van der Waals surface area contributed by atoms with Crippen LogP contribution in [0.4, 0.5) is 13.2 Å². The molecule has 27 heavy (non-hydrogen) atoms. The quantitative estimate of drug-likeness (QED) is 0.789. The number of aliphatic hydroxyl groups is 1. The van der Waals surface area contributed by atoms with E-state index in [2.05, 4.69) is 16.7 Å². The lowest BCUT2D eigenvalue weighted by atomic mass is 10.1. The third-order valence-electron chi connectivity index (χ3n) is 3.65. The van der Waals surface area contributed by atoms with Gasteiger partial charge in [0.25, 0.3) is 0 Å². The zero-order chi connectivity index (χ0) is 20.2. The molecule has 1 N–H and O–H groups in total. The van der Waals surface area contributed by atoms with Gasteiger partial charge in [-0.15, -0.1) is 0 Å². The average molecular weight is 374 g/mol. The van der Waals surface area contributed by atoms with Gasteiger partial charge in [-0.3, -0.25) is 0 Å². The van der Waals surface area contributed by atoms with Gasteiger partial charge in [0.1, 0.15) is 11.8 Å². The van der Waals surface area contributed by atoms with E-state index in [1.807, 2.05) is 6.92 Å². The summed E-state index contributed by atoms with van der Waals surface area (Å²) in [5.74, 6) is -0.0530. The number of allylic oxidation sites excluding steroid dienone is 5. The summed E-state index contributed by atoms with van der Waals surface area (Å²) < 4.78 is 39.8. The summed E-state index contributed by atoms with van der Waals surface area (Å²) in [6, 6.07) is 5.47. The summed E-state index contributed by atoms with van der Waals surface area (Å²) >= 11 is 0. The maximum absolute atomic E-state index is 13.0. The number of nitrogens with zero attached hydrogens (tertiary/aromatic N) is 4. The second-order valence-electron chi connectivity index (χ2n) is 5.57. The summed E-state index contributed by atoms with van der Waals surface area (Å²) in [5, 5.41) is 22.7. The number of aliphatic hydroxyl groups excluding tert-OH is 1. The van der Waals surface area contributed by atoms with E-state index in [9.17, 15) is 23.5 Å². The molecule has 2 aromatic rings. The second-order valence-corrected chi connectivity index (χ2v) is 5.57. The highest BCUT2D eigenvalue weighted by Crippen LogP contribution is 2.31. The largest absolute Gasteiger partial charge is 0.435 e. The molecule has 8 heteroatoms. The van der Waals surface area contributed by atoms with Gasteiger partial charge in [0.2, 0.25) is 0 Å². The lowest BCUT2D eigenvalue weighted by molar-refractivity contribution is -0.141. The first-order valence-electron chi connectivity index (χ1n) is 7.95. The number of aromatic nitrogens is 3. The molecule has 0 bridgehead atoms. The molecule has 0 radical (unpaired) electrons. The molecular formula is C19H17F3N4O. The van der Waals surface area contributed by atoms with Crippen LogP contribution in [0.2, 0.25) is 0 Å². The number of rotatable bonds is 5. The SMILES string of the molecule is C=C/C(=C/C=C\C)c1ccc(C(C)O)c(-n2nc(C(F)(F)F)cc2C#N)n1. The van der Waals surface area contributed by atoms with E-state index in [0.29, 0.717) is 17.3 Å². The summed E-state index contributed by atoms with van der Waals surface area (Å²) in [7, 11) is 0. The van der Waals surface area contributed by atoms with E-state index in [0.717, 1.165) is 4.68 Å². The van der Waals surface area contributed by atoms with Crippen molar-refractivity contribution >= 4 is 5.57 Å². The molecule has 0 spiro atoms. The van der Waals surface area contributed by atoms with E-state index in [1.165, 1.54) is 13.0 Å². The first-order chi connectivity index (χ1) is 12.7. The highest BCUT2D eigenvalue weighted by molar-refractivity contribution is 5.73. The molecule has 0 amide bonds. The molecule has 1 unspecified atom stereocenters. The van der Waals surface area contributed by atoms with Crippen molar-refractivity contribution in [3.8, 4) is 11.9 Å². The number of halogens is 3. The van der Waals surface area contributed by atoms with E-state index in [1.54, 1.807) is 36.4 Å². The number of nitriles is 1. The topological polar surface area (TPSA) is 74.7 Å². The lowest BCUT2D eigenvalue weighted by Crippen LogP contribution is -2.12. The molecule has 0 aliphatic heterocycles. The third-order valence-corrected chi connectivity index (χ3v) is 3.65. The zero-order valence-electron chi connectivity index (χ0n) is 14.7. The van der Waals surface area contributed by atoms with Crippen LogP contribution in [0, 0.1) is 11.3 Å². The number of hydrogen-bond donors (Lipinski definition) is 1. The number of hydrogen-bond acceptors (Lipinski definition) is 4. The molecule has 5 nitrogen and oxygen atoms in total. The minimum atomic E-state index is -4.71. The van der Waals surface area contributed by atoms with Crippen LogP contribution in [0.5, 0.6) is 0 Å². The first kappa shape index (κ1) is 20.1. The van der Waals surface area contributed by atoms with Gasteiger partial charge in [0, 0.05) is 11.6 Å². The van der Waals surface area contributed by atoms with Crippen LogP contribution in [0.25, 0.3) is 11.4 Å². The number of pyridine rings is 1. The van der Waals surface area contributed by atoms with E-state index in [4.69, 9.17) is 0 Å². The fourth-order valence-corrected chi connectivity index (χ4v) is 2.33. The van der Waals surface area contributed by atoms with Crippen LogP contribution < -0.4 is 0 Å². The Morgan fingerprint density at radius 3 is 2.63 bits per heavy atom. The molecule has 0 aliphatic carbocycles.